The molecule has 0 unspecified atom stereocenters. The van der Waals surface area contributed by atoms with Gasteiger partial charge in [-0.25, -0.2) is 0 Å². The molecule has 0 amide bonds. The second kappa shape index (κ2) is 6.83. The Bertz CT molecular complexity index is 188. The van der Waals surface area contributed by atoms with Gasteiger partial charge in [-0.1, -0.05) is 44.9 Å². The van der Waals surface area contributed by atoms with Gasteiger partial charge >= 0.3 is 5.97 Å². The van der Waals surface area contributed by atoms with Crippen molar-refractivity contribution >= 4 is 5.97 Å². The van der Waals surface area contributed by atoms with Gasteiger partial charge in [-0.3, -0.25) is 4.79 Å². The van der Waals surface area contributed by atoms with Crippen LogP contribution in [0.1, 0.15) is 51.4 Å². The Kier molecular flexibility index (Phi) is 5.69. The summed E-state index contributed by atoms with van der Waals surface area (Å²) in [5.74, 6) is 0.145. The smallest absolute Gasteiger partial charge is 0.320 e. The highest BCUT2D eigenvalue weighted by molar-refractivity contribution is 5.73. The van der Waals surface area contributed by atoms with Crippen molar-refractivity contribution in [3.8, 4) is 0 Å². The molecular formula is C12H23NO2. The molecule has 1 fully saturated rings. The SMILES string of the molecule is CN[C@H](CCCC1CCCCC1)C(=O)O. The average molecular weight is 213 g/mol. The number of hydrogen-bond acceptors (Lipinski definition) is 2. The average Bonchev–Trinajstić information content (AvgIpc) is 2.25. The maximum Gasteiger partial charge on any atom is 0.320 e. The second-order valence-corrected chi connectivity index (χ2v) is 4.61. The molecule has 1 rings (SSSR count). The number of hydrogen-bond donors (Lipinski definition) is 2. The van der Waals surface area contributed by atoms with Crippen LogP contribution in [0.3, 0.4) is 0 Å². The summed E-state index contributed by atoms with van der Waals surface area (Å²) in [6, 6.07) is -0.353. The zero-order valence-electron chi connectivity index (χ0n) is 9.67. The fraction of sp³-hybridized carbons (Fsp3) is 0.917. The zero-order chi connectivity index (χ0) is 11.1. The Morgan fingerprint density at radius 2 is 2.07 bits per heavy atom. The third kappa shape index (κ3) is 4.65. The lowest BCUT2D eigenvalue weighted by Crippen LogP contribution is -2.33. The predicted molar refractivity (Wildman–Crippen MR) is 60.9 cm³/mol. The predicted octanol–water partition coefficient (Wildman–Crippen LogP) is 2.41. The first-order valence-corrected chi connectivity index (χ1v) is 6.14. The number of carbonyl (C=O) groups is 1. The fourth-order valence-corrected chi connectivity index (χ4v) is 2.48. The first-order valence-electron chi connectivity index (χ1n) is 6.14. The molecule has 1 saturated carbocycles. The summed E-state index contributed by atoms with van der Waals surface area (Å²) >= 11 is 0. The van der Waals surface area contributed by atoms with E-state index in [2.05, 4.69) is 5.32 Å². The van der Waals surface area contributed by atoms with Crippen molar-refractivity contribution in [1.29, 1.82) is 0 Å². The summed E-state index contributed by atoms with van der Waals surface area (Å²) in [5.41, 5.74) is 0. The van der Waals surface area contributed by atoms with Gasteiger partial charge in [0.25, 0.3) is 0 Å². The Balaban J connectivity index is 2.11. The van der Waals surface area contributed by atoms with Crippen molar-refractivity contribution < 1.29 is 9.90 Å². The lowest BCUT2D eigenvalue weighted by molar-refractivity contribution is -0.139. The van der Waals surface area contributed by atoms with Crippen LogP contribution in [0.15, 0.2) is 0 Å². The quantitative estimate of drug-likeness (QED) is 0.712. The van der Waals surface area contributed by atoms with Crippen LogP contribution in [-0.4, -0.2) is 24.2 Å². The molecule has 88 valence electrons. The van der Waals surface area contributed by atoms with Gasteiger partial charge in [-0.2, -0.15) is 0 Å². The first kappa shape index (κ1) is 12.5. The van der Waals surface area contributed by atoms with Gasteiger partial charge in [0, 0.05) is 0 Å². The standard InChI is InChI=1S/C12H23NO2/c1-13-11(12(14)15)9-5-8-10-6-3-2-4-7-10/h10-11,13H,2-9H2,1H3,(H,14,15)/t11-/m1/s1. The molecule has 15 heavy (non-hydrogen) atoms. The van der Waals surface area contributed by atoms with E-state index in [9.17, 15) is 4.79 Å². The fourth-order valence-electron chi connectivity index (χ4n) is 2.48. The van der Waals surface area contributed by atoms with E-state index in [-0.39, 0.29) is 6.04 Å². The molecule has 0 radical (unpaired) electrons. The maximum absolute atomic E-state index is 10.8. The number of carboxylic acid groups (broad SMARTS) is 1. The van der Waals surface area contributed by atoms with E-state index in [1.54, 1.807) is 7.05 Å². The van der Waals surface area contributed by atoms with Gasteiger partial charge in [0.2, 0.25) is 0 Å². The Hall–Kier alpha value is -0.570. The van der Waals surface area contributed by atoms with Crippen molar-refractivity contribution in [3.63, 3.8) is 0 Å². The molecule has 3 heteroatoms. The Morgan fingerprint density at radius 1 is 1.40 bits per heavy atom. The summed E-state index contributed by atoms with van der Waals surface area (Å²) < 4.78 is 0. The van der Waals surface area contributed by atoms with Crippen LogP contribution in [-0.2, 0) is 4.79 Å². The molecule has 0 aliphatic heterocycles. The monoisotopic (exact) mass is 213 g/mol. The van der Waals surface area contributed by atoms with Crippen LogP contribution in [0.5, 0.6) is 0 Å². The van der Waals surface area contributed by atoms with Crippen LogP contribution in [0.4, 0.5) is 0 Å². The highest BCUT2D eigenvalue weighted by atomic mass is 16.4. The minimum atomic E-state index is -0.721. The van der Waals surface area contributed by atoms with Crippen LogP contribution in [0, 0.1) is 5.92 Å². The third-order valence-corrected chi connectivity index (χ3v) is 3.48. The zero-order valence-corrected chi connectivity index (χ0v) is 9.67. The van der Waals surface area contributed by atoms with Crippen LogP contribution >= 0.6 is 0 Å². The molecule has 2 N–H and O–H groups in total. The number of likely N-dealkylation sites (N-methyl/N-ethyl adjacent to an activating group) is 1. The first-order chi connectivity index (χ1) is 7.24. The lowest BCUT2D eigenvalue weighted by Gasteiger charge is -2.21. The van der Waals surface area contributed by atoms with Gasteiger partial charge in [-0.15, -0.1) is 0 Å². The van der Waals surface area contributed by atoms with Crippen molar-refractivity contribution in [1.82, 2.24) is 5.32 Å². The Labute approximate surface area is 92.3 Å². The highest BCUT2D eigenvalue weighted by Crippen LogP contribution is 2.27. The highest BCUT2D eigenvalue weighted by Gasteiger charge is 2.17. The van der Waals surface area contributed by atoms with Gasteiger partial charge in [0.1, 0.15) is 6.04 Å². The van der Waals surface area contributed by atoms with E-state index in [1.165, 1.54) is 38.5 Å². The largest absolute Gasteiger partial charge is 0.480 e. The van der Waals surface area contributed by atoms with Crippen molar-refractivity contribution in [2.75, 3.05) is 7.05 Å². The third-order valence-electron chi connectivity index (χ3n) is 3.48. The molecule has 1 atom stereocenters. The number of rotatable bonds is 6. The van der Waals surface area contributed by atoms with Crippen LogP contribution < -0.4 is 5.32 Å². The molecule has 0 aromatic rings. The molecule has 0 spiro atoms. The molecule has 0 heterocycles. The molecule has 0 aromatic heterocycles. The molecular weight excluding hydrogens is 190 g/mol. The van der Waals surface area contributed by atoms with E-state index in [0.717, 1.165) is 18.8 Å². The topological polar surface area (TPSA) is 49.3 Å². The molecule has 0 saturated heterocycles. The van der Waals surface area contributed by atoms with Gasteiger partial charge < -0.3 is 10.4 Å². The number of carboxylic acids is 1. The minimum absolute atomic E-state index is 0.353. The summed E-state index contributed by atoms with van der Waals surface area (Å²) in [6.45, 7) is 0. The minimum Gasteiger partial charge on any atom is -0.480 e. The van der Waals surface area contributed by atoms with Crippen LogP contribution in [0.25, 0.3) is 0 Å². The summed E-state index contributed by atoms with van der Waals surface area (Å²) in [4.78, 5) is 10.8. The maximum atomic E-state index is 10.8. The van der Waals surface area contributed by atoms with Crippen molar-refractivity contribution in [2.45, 2.75) is 57.4 Å². The van der Waals surface area contributed by atoms with E-state index >= 15 is 0 Å². The van der Waals surface area contributed by atoms with Crippen LogP contribution in [0.2, 0.25) is 0 Å². The molecule has 3 nitrogen and oxygen atoms in total. The van der Waals surface area contributed by atoms with E-state index in [0.29, 0.717) is 0 Å². The molecule has 1 aliphatic carbocycles. The van der Waals surface area contributed by atoms with E-state index in [4.69, 9.17) is 5.11 Å². The Morgan fingerprint density at radius 3 is 2.60 bits per heavy atom. The lowest BCUT2D eigenvalue weighted by atomic mass is 9.85. The normalized spacial score (nSPS) is 20.1. The summed E-state index contributed by atoms with van der Waals surface area (Å²) in [5, 5.41) is 11.7. The molecule has 1 aliphatic rings. The van der Waals surface area contributed by atoms with Gasteiger partial charge in [0.15, 0.2) is 0 Å². The summed E-state index contributed by atoms with van der Waals surface area (Å²) in [7, 11) is 1.72. The number of nitrogens with one attached hydrogen (secondary N) is 1. The van der Waals surface area contributed by atoms with Gasteiger partial charge in [-0.05, 0) is 19.4 Å². The van der Waals surface area contributed by atoms with E-state index < -0.39 is 5.97 Å². The van der Waals surface area contributed by atoms with Gasteiger partial charge in [0.05, 0.1) is 0 Å². The number of aliphatic carboxylic acids is 1. The van der Waals surface area contributed by atoms with Crippen molar-refractivity contribution in [3.05, 3.63) is 0 Å². The second-order valence-electron chi connectivity index (χ2n) is 4.61. The molecule has 0 aromatic carbocycles. The summed E-state index contributed by atoms with van der Waals surface area (Å²) in [6.07, 6.45) is 9.88. The van der Waals surface area contributed by atoms with Crippen molar-refractivity contribution in [2.24, 2.45) is 5.92 Å². The van der Waals surface area contributed by atoms with E-state index in [1.807, 2.05) is 0 Å². The molecule has 0 bridgehead atoms.